The number of ether oxygens (including phenoxy) is 3. The summed E-state index contributed by atoms with van der Waals surface area (Å²) in [7, 11) is 0. The van der Waals surface area contributed by atoms with Crippen LogP contribution in [0.2, 0.25) is 5.02 Å². The first-order chi connectivity index (χ1) is 19.2. The highest BCUT2D eigenvalue weighted by Gasteiger charge is 2.43. The fraction of sp³-hybridized carbons (Fsp3) is 0.0345. The standard InChI is InChI=1S/C29H17ClF3N3O4/c30-19-4-10-22(11-5-19)38-23-12-8-21(9-13-23)34-28(37)36-16-24(27(35-36)17-1-6-20(31)7-2-17)18-3-14-25-26(15-18)40-29(32,33)39-25/h1-16H,(H,34,37). The van der Waals surface area contributed by atoms with Gasteiger partial charge in [-0.25, -0.2) is 9.18 Å². The summed E-state index contributed by atoms with van der Waals surface area (Å²) in [5, 5.41) is 7.75. The third-order valence-corrected chi connectivity index (χ3v) is 6.16. The van der Waals surface area contributed by atoms with Crippen molar-refractivity contribution < 1.29 is 32.2 Å². The molecule has 7 nitrogen and oxygen atoms in total. The van der Waals surface area contributed by atoms with E-state index in [4.69, 9.17) is 16.3 Å². The van der Waals surface area contributed by atoms with E-state index in [1.807, 2.05) is 0 Å². The highest BCUT2D eigenvalue weighted by molar-refractivity contribution is 6.30. The Morgan fingerprint density at radius 3 is 2.17 bits per heavy atom. The van der Waals surface area contributed by atoms with E-state index in [2.05, 4.69) is 19.9 Å². The topological polar surface area (TPSA) is 74.6 Å². The van der Waals surface area contributed by atoms with Crippen LogP contribution in [0, 0.1) is 5.82 Å². The van der Waals surface area contributed by atoms with Crippen molar-refractivity contribution in [2.75, 3.05) is 5.32 Å². The SMILES string of the molecule is O=C(Nc1ccc(Oc2ccc(Cl)cc2)cc1)n1cc(-c2ccc3c(c2)OC(F)(F)O3)c(-c2ccc(F)cc2)n1. The number of hydrogen-bond acceptors (Lipinski definition) is 5. The first-order valence-electron chi connectivity index (χ1n) is 11.8. The molecule has 200 valence electrons. The zero-order chi connectivity index (χ0) is 27.9. The van der Waals surface area contributed by atoms with E-state index < -0.39 is 18.1 Å². The van der Waals surface area contributed by atoms with Crippen molar-refractivity contribution in [2.45, 2.75) is 6.29 Å². The fourth-order valence-corrected chi connectivity index (χ4v) is 4.18. The number of nitrogens with zero attached hydrogens (tertiary/aromatic N) is 2. The van der Waals surface area contributed by atoms with Gasteiger partial charge in [-0.3, -0.25) is 0 Å². The predicted octanol–water partition coefficient (Wildman–Crippen LogP) is 8.20. The highest BCUT2D eigenvalue weighted by Crippen LogP contribution is 2.44. The number of benzene rings is 4. The van der Waals surface area contributed by atoms with E-state index in [1.54, 1.807) is 48.5 Å². The maximum Gasteiger partial charge on any atom is 0.586 e. The van der Waals surface area contributed by atoms with E-state index in [0.717, 1.165) is 4.68 Å². The first kappa shape index (κ1) is 25.3. The van der Waals surface area contributed by atoms with Crippen LogP contribution in [0.15, 0.2) is 97.2 Å². The monoisotopic (exact) mass is 563 g/mol. The van der Waals surface area contributed by atoms with Crippen molar-refractivity contribution in [1.29, 1.82) is 0 Å². The fourth-order valence-electron chi connectivity index (χ4n) is 4.05. The minimum atomic E-state index is -3.78. The van der Waals surface area contributed by atoms with Gasteiger partial charge in [-0.05, 0) is 90.5 Å². The van der Waals surface area contributed by atoms with Crippen LogP contribution < -0.4 is 19.5 Å². The Labute approximate surface area is 230 Å². The predicted molar refractivity (Wildman–Crippen MR) is 142 cm³/mol. The number of fused-ring (bicyclic) bond motifs is 1. The van der Waals surface area contributed by atoms with Crippen LogP contribution in [0.1, 0.15) is 0 Å². The Balaban J connectivity index is 1.27. The summed E-state index contributed by atoms with van der Waals surface area (Å²) in [6.45, 7) is 0. The minimum Gasteiger partial charge on any atom is -0.457 e. The largest absolute Gasteiger partial charge is 0.586 e. The molecule has 0 saturated carbocycles. The number of amides is 1. The van der Waals surface area contributed by atoms with E-state index >= 15 is 0 Å². The van der Waals surface area contributed by atoms with Gasteiger partial charge in [0.15, 0.2) is 11.5 Å². The summed E-state index contributed by atoms with van der Waals surface area (Å²) in [6.07, 6.45) is -2.33. The number of hydrogen-bond donors (Lipinski definition) is 1. The summed E-state index contributed by atoms with van der Waals surface area (Å²) in [5.41, 5.74) is 2.17. The van der Waals surface area contributed by atoms with Crippen LogP contribution in [0.5, 0.6) is 23.0 Å². The van der Waals surface area contributed by atoms with Crippen molar-refractivity contribution in [3.8, 4) is 45.4 Å². The highest BCUT2D eigenvalue weighted by atomic mass is 35.5. The number of aromatic nitrogens is 2. The third-order valence-electron chi connectivity index (χ3n) is 5.91. The molecule has 0 unspecified atom stereocenters. The van der Waals surface area contributed by atoms with E-state index in [1.165, 1.54) is 48.7 Å². The van der Waals surface area contributed by atoms with Crippen molar-refractivity contribution >= 4 is 23.3 Å². The zero-order valence-electron chi connectivity index (χ0n) is 20.3. The lowest BCUT2D eigenvalue weighted by molar-refractivity contribution is -0.286. The summed E-state index contributed by atoms with van der Waals surface area (Å²) in [6, 6.07) is 22.7. The second-order valence-electron chi connectivity index (χ2n) is 8.68. The molecule has 0 radical (unpaired) electrons. The van der Waals surface area contributed by atoms with Gasteiger partial charge in [0.25, 0.3) is 0 Å². The van der Waals surface area contributed by atoms with Crippen molar-refractivity contribution in [3.63, 3.8) is 0 Å². The van der Waals surface area contributed by atoms with Crippen LogP contribution in [0.3, 0.4) is 0 Å². The van der Waals surface area contributed by atoms with Crippen LogP contribution in [0.25, 0.3) is 22.4 Å². The molecule has 1 N–H and O–H groups in total. The quantitative estimate of drug-likeness (QED) is 0.233. The van der Waals surface area contributed by atoms with Gasteiger partial charge < -0.3 is 19.5 Å². The van der Waals surface area contributed by atoms with Gasteiger partial charge >= 0.3 is 12.3 Å². The molecule has 0 aliphatic carbocycles. The number of anilines is 1. The number of carbonyl (C=O) groups is 1. The molecule has 40 heavy (non-hydrogen) atoms. The van der Waals surface area contributed by atoms with Gasteiger partial charge in [-0.15, -0.1) is 8.78 Å². The Bertz CT molecular complexity index is 1710. The average Bonchev–Trinajstić information content (AvgIpc) is 3.51. The van der Waals surface area contributed by atoms with Gasteiger partial charge in [-0.2, -0.15) is 9.78 Å². The van der Waals surface area contributed by atoms with Crippen LogP contribution in [0.4, 0.5) is 23.7 Å². The van der Waals surface area contributed by atoms with E-state index in [-0.39, 0.29) is 11.5 Å². The summed E-state index contributed by atoms with van der Waals surface area (Å²) < 4.78 is 56.6. The summed E-state index contributed by atoms with van der Waals surface area (Å²) >= 11 is 5.90. The van der Waals surface area contributed by atoms with Gasteiger partial charge in [0.1, 0.15) is 23.0 Å². The number of nitrogens with one attached hydrogen (secondary N) is 1. The van der Waals surface area contributed by atoms with Gasteiger partial charge in [0, 0.05) is 28.0 Å². The van der Waals surface area contributed by atoms with Crippen LogP contribution in [-0.2, 0) is 0 Å². The van der Waals surface area contributed by atoms with Crippen LogP contribution in [-0.4, -0.2) is 22.1 Å². The first-order valence-corrected chi connectivity index (χ1v) is 12.2. The molecule has 1 aliphatic heterocycles. The lowest BCUT2D eigenvalue weighted by Crippen LogP contribution is -2.25. The maximum absolute atomic E-state index is 13.6. The Morgan fingerprint density at radius 1 is 0.850 bits per heavy atom. The Hall–Kier alpha value is -4.96. The molecule has 0 spiro atoms. The lowest BCUT2D eigenvalue weighted by atomic mass is 10.0. The molecular formula is C29H17ClF3N3O4. The third kappa shape index (κ3) is 5.29. The zero-order valence-corrected chi connectivity index (χ0v) is 21.0. The molecule has 0 fully saturated rings. The maximum atomic E-state index is 13.6. The van der Waals surface area contributed by atoms with Gasteiger partial charge in [0.2, 0.25) is 0 Å². The smallest absolute Gasteiger partial charge is 0.457 e. The van der Waals surface area contributed by atoms with Gasteiger partial charge in [0.05, 0.1) is 0 Å². The molecule has 11 heteroatoms. The second kappa shape index (κ2) is 9.97. The molecule has 1 amide bonds. The number of rotatable bonds is 5. The second-order valence-corrected chi connectivity index (χ2v) is 9.12. The normalized spacial score (nSPS) is 13.2. The number of halogens is 4. The molecule has 6 rings (SSSR count). The lowest BCUT2D eigenvalue weighted by Gasteiger charge is -2.08. The molecule has 2 heterocycles. The molecule has 0 bridgehead atoms. The molecule has 1 aliphatic rings. The Kier molecular flexibility index (Phi) is 6.31. The van der Waals surface area contributed by atoms with Crippen molar-refractivity contribution in [2.24, 2.45) is 0 Å². The molecule has 0 atom stereocenters. The van der Waals surface area contributed by atoms with E-state index in [9.17, 15) is 18.0 Å². The molecule has 1 aromatic heterocycles. The van der Waals surface area contributed by atoms with Crippen LogP contribution >= 0.6 is 11.6 Å². The van der Waals surface area contributed by atoms with Gasteiger partial charge in [-0.1, -0.05) is 17.7 Å². The minimum absolute atomic E-state index is 0.120. The van der Waals surface area contributed by atoms with E-state index in [0.29, 0.717) is 44.6 Å². The van der Waals surface area contributed by atoms with Crippen molar-refractivity contribution in [3.05, 3.63) is 108 Å². The molecule has 5 aromatic rings. The molecular weight excluding hydrogens is 547 g/mol. The number of alkyl halides is 2. The molecule has 4 aromatic carbocycles. The average molecular weight is 564 g/mol. The Morgan fingerprint density at radius 2 is 1.48 bits per heavy atom. The molecule has 0 saturated heterocycles. The number of carbonyl (C=O) groups excluding carboxylic acids is 1. The summed E-state index contributed by atoms with van der Waals surface area (Å²) in [5.74, 6) is 0.423. The van der Waals surface area contributed by atoms with Crippen molar-refractivity contribution in [1.82, 2.24) is 9.78 Å². The summed E-state index contributed by atoms with van der Waals surface area (Å²) in [4.78, 5) is 13.1.